The molecule has 1 aliphatic heterocycles. The molecule has 1 aliphatic carbocycles. The maximum Gasteiger partial charge on any atom is 0.254 e. The molecule has 1 unspecified atom stereocenters. The highest BCUT2D eigenvalue weighted by Gasteiger charge is 2.21. The fourth-order valence-corrected chi connectivity index (χ4v) is 5.34. The maximum atomic E-state index is 12.6. The Labute approximate surface area is 162 Å². The van der Waals surface area contributed by atoms with E-state index in [-0.39, 0.29) is 5.91 Å². The van der Waals surface area contributed by atoms with Gasteiger partial charge in [0.15, 0.2) is 0 Å². The van der Waals surface area contributed by atoms with Crippen LogP contribution in [0.3, 0.4) is 0 Å². The minimum atomic E-state index is 0.0323. The number of hydrogen-bond donors (Lipinski definition) is 1. The second-order valence-corrected chi connectivity index (χ2v) is 9.01. The Balaban J connectivity index is 1.40. The lowest BCUT2D eigenvalue weighted by Crippen LogP contribution is -2.38. The summed E-state index contributed by atoms with van der Waals surface area (Å²) < 4.78 is 0. The number of piperidine rings is 1. The summed E-state index contributed by atoms with van der Waals surface area (Å²) in [5, 5.41) is 4.63. The Bertz CT molecular complexity index is 574. The molecule has 0 bridgehead atoms. The van der Waals surface area contributed by atoms with Gasteiger partial charge in [-0.2, -0.15) is 0 Å². The van der Waals surface area contributed by atoms with E-state index in [1.807, 2.05) is 12.1 Å². The van der Waals surface area contributed by atoms with Crippen molar-refractivity contribution in [1.29, 1.82) is 0 Å². The lowest BCUT2D eigenvalue weighted by Gasteiger charge is -2.33. The van der Waals surface area contributed by atoms with E-state index in [4.69, 9.17) is 0 Å². The van der Waals surface area contributed by atoms with Gasteiger partial charge in [0.2, 0.25) is 0 Å². The number of nitrogens with zero attached hydrogens (tertiary/aromatic N) is 2. The van der Waals surface area contributed by atoms with Crippen LogP contribution < -0.4 is 5.32 Å². The number of unbranched alkanes of at least 4 members (excludes halogenated alkanes) is 1. The van der Waals surface area contributed by atoms with Crippen molar-refractivity contribution in [3.05, 3.63) is 23.9 Å². The van der Waals surface area contributed by atoms with Gasteiger partial charge in [0.25, 0.3) is 5.91 Å². The van der Waals surface area contributed by atoms with Gasteiger partial charge in [-0.15, -0.1) is 11.8 Å². The van der Waals surface area contributed by atoms with Gasteiger partial charge >= 0.3 is 0 Å². The van der Waals surface area contributed by atoms with Gasteiger partial charge in [0.05, 0.1) is 5.56 Å². The molecule has 0 spiro atoms. The summed E-state index contributed by atoms with van der Waals surface area (Å²) in [5.74, 6) is 0.0323. The molecule has 1 atom stereocenters. The van der Waals surface area contributed by atoms with Gasteiger partial charge < -0.3 is 10.2 Å². The monoisotopic (exact) mass is 375 g/mol. The number of rotatable bonds is 8. The van der Waals surface area contributed by atoms with Crippen molar-refractivity contribution < 1.29 is 4.79 Å². The normalized spacial score (nSPS) is 21.8. The molecule has 0 aromatic carbocycles. The number of thioether (sulfide) groups is 1. The standard InChI is InChI=1S/C21H33N3OS/c1-17-9-4-6-15-24(17)16-7-5-13-22-20(25)19-12-8-14-23-21(19)26-18-10-2-3-11-18/h8,12,14,17-18H,2-7,9-11,13,15-16H2,1H3,(H,22,25). The Hall–Kier alpha value is -1.07. The second-order valence-electron chi connectivity index (χ2n) is 7.72. The molecule has 144 valence electrons. The van der Waals surface area contributed by atoms with E-state index in [9.17, 15) is 4.79 Å². The minimum absolute atomic E-state index is 0.0323. The summed E-state index contributed by atoms with van der Waals surface area (Å²) >= 11 is 1.79. The van der Waals surface area contributed by atoms with Crippen LogP contribution in [-0.2, 0) is 0 Å². The van der Waals surface area contributed by atoms with Crippen LogP contribution in [0.1, 0.15) is 75.1 Å². The zero-order chi connectivity index (χ0) is 18.2. The van der Waals surface area contributed by atoms with Crippen LogP contribution in [0.2, 0.25) is 0 Å². The average Bonchev–Trinajstić information content (AvgIpc) is 3.16. The third-order valence-corrected chi connectivity index (χ3v) is 7.05. The second kappa shape index (κ2) is 10.3. The first kappa shape index (κ1) is 19.7. The molecule has 1 N–H and O–H groups in total. The maximum absolute atomic E-state index is 12.6. The van der Waals surface area contributed by atoms with Crippen LogP contribution in [0, 0.1) is 0 Å². The molecule has 2 aliphatic rings. The van der Waals surface area contributed by atoms with Crippen LogP contribution in [0.15, 0.2) is 23.4 Å². The van der Waals surface area contributed by atoms with E-state index in [1.165, 1.54) is 51.5 Å². The number of hydrogen-bond acceptors (Lipinski definition) is 4. The van der Waals surface area contributed by atoms with Gasteiger partial charge in [0.1, 0.15) is 5.03 Å². The molecule has 5 heteroatoms. The zero-order valence-corrected chi connectivity index (χ0v) is 16.9. The van der Waals surface area contributed by atoms with Crippen LogP contribution in [0.25, 0.3) is 0 Å². The number of carbonyl (C=O) groups excluding carboxylic acids is 1. The van der Waals surface area contributed by atoms with E-state index in [0.29, 0.717) is 5.25 Å². The first-order chi connectivity index (χ1) is 12.7. The Morgan fingerprint density at radius 2 is 2.04 bits per heavy atom. The largest absolute Gasteiger partial charge is 0.352 e. The molecule has 2 heterocycles. The van der Waals surface area contributed by atoms with Crippen LogP contribution in [0.5, 0.6) is 0 Å². The summed E-state index contributed by atoms with van der Waals surface area (Å²) in [7, 11) is 0. The van der Waals surface area contributed by atoms with Crippen molar-refractivity contribution in [2.45, 2.75) is 81.0 Å². The van der Waals surface area contributed by atoms with E-state index < -0.39 is 0 Å². The molecule has 1 amide bonds. The lowest BCUT2D eigenvalue weighted by atomic mass is 10.0. The summed E-state index contributed by atoms with van der Waals surface area (Å²) in [6.45, 7) is 5.49. The van der Waals surface area contributed by atoms with Crippen molar-refractivity contribution in [2.75, 3.05) is 19.6 Å². The number of amides is 1. The fraction of sp³-hybridized carbons (Fsp3) is 0.714. The first-order valence-electron chi connectivity index (χ1n) is 10.4. The Morgan fingerprint density at radius 3 is 2.85 bits per heavy atom. The van der Waals surface area contributed by atoms with Crippen LogP contribution >= 0.6 is 11.8 Å². The summed E-state index contributed by atoms with van der Waals surface area (Å²) in [6, 6.07) is 4.50. The predicted molar refractivity (Wildman–Crippen MR) is 109 cm³/mol. The molecule has 0 radical (unpaired) electrons. The molecule has 1 aromatic rings. The van der Waals surface area contributed by atoms with Crippen molar-refractivity contribution in [1.82, 2.24) is 15.2 Å². The molecule has 26 heavy (non-hydrogen) atoms. The third kappa shape index (κ3) is 5.71. The van der Waals surface area contributed by atoms with Gasteiger partial charge in [-0.3, -0.25) is 4.79 Å². The molecule has 1 saturated heterocycles. The number of carbonyl (C=O) groups is 1. The fourth-order valence-electron chi connectivity index (χ4n) is 4.05. The molecule has 1 aromatic heterocycles. The highest BCUT2D eigenvalue weighted by atomic mass is 32.2. The molecule has 1 saturated carbocycles. The van der Waals surface area contributed by atoms with Crippen molar-refractivity contribution in [3.8, 4) is 0 Å². The average molecular weight is 376 g/mol. The molecular weight excluding hydrogens is 342 g/mol. The number of pyridine rings is 1. The number of nitrogens with one attached hydrogen (secondary N) is 1. The first-order valence-corrected chi connectivity index (χ1v) is 11.3. The summed E-state index contributed by atoms with van der Waals surface area (Å²) in [6.07, 6.45) is 13.1. The van der Waals surface area contributed by atoms with E-state index in [1.54, 1.807) is 18.0 Å². The van der Waals surface area contributed by atoms with Gasteiger partial charge in [-0.1, -0.05) is 19.3 Å². The Morgan fingerprint density at radius 1 is 1.23 bits per heavy atom. The number of likely N-dealkylation sites (tertiary alicyclic amines) is 1. The number of aromatic nitrogens is 1. The van der Waals surface area contributed by atoms with Crippen LogP contribution in [-0.4, -0.2) is 46.7 Å². The Kier molecular flexibility index (Phi) is 7.81. The van der Waals surface area contributed by atoms with Gasteiger partial charge in [-0.05, 0) is 70.7 Å². The molecular formula is C21H33N3OS. The molecule has 2 fully saturated rings. The molecule has 3 rings (SSSR count). The van der Waals surface area contributed by atoms with Gasteiger partial charge in [-0.25, -0.2) is 4.98 Å². The van der Waals surface area contributed by atoms with Crippen molar-refractivity contribution in [2.24, 2.45) is 0 Å². The zero-order valence-electron chi connectivity index (χ0n) is 16.1. The van der Waals surface area contributed by atoms with E-state index >= 15 is 0 Å². The minimum Gasteiger partial charge on any atom is -0.352 e. The lowest BCUT2D eigenvalue weighted by molar-refractivity contribution is 0.0948. The van der Waals surface area contributed by atoms with Crippen molar-refractivity contribution >= 4 is 17.7 Å². The van der Waals surface area contributed by atoms with E-state index in [0.717, 1.165) is 42.6 Å². The summed E-state index contributed by atoms with van der Waals surface area (Å²) in [5.41, 5.74) is 0.744. The smallest absolute Gasteiger partial charge is 0.254 e. The SMILES string of the molecule is CC1CCCCN1CCCCNC(=O)c1cccnc1SC1CCCC1. The van der Waals surface area contributed by atoms with Crippen molar-refractivity contribution in [3.63, 3.8) is 0 Å². The van der Waals surface area contributed by atoms with Gasteiger partial charge in [0, 0.05) is 24.0 Å². The quantitative estimate of drug-likeness (QED) is 0.680. The van der Waals surface area contributed by atoms with E-state index in [2.05, 4.69) is 22.1 Å². The van der Waals surface area contributed by atoms with Crippen LogP contribution in [0.4, 0.5) is 0 Å². The third-order valence-electron chi connectivity index (χ3n) is 5.69. The highest BCUT2D eigenvalue weighted by molar-refractivity contribution is 7.99. The predicted octanol–water partition coefficient (Wildman–Crippen LogP) is 4.50. The highest BCUT2D eigenvalue weighted by Crippen LogP contribution is 2.35. The topological polar surface area (TPSA) is 45.2 Å². The molecule has 4 nitrogen and oxygen atoms in total. The summed E-state index contributed by atoms with van der Waals surface area (Å²) in [4.78, 5) is 19.7.